The van der Waals surface area contributed by atoms with Gasteiger partial charge in [-0.2, -0.15) is 0 Å². The maximum Gasteiger partial charge on any atom is 0.408 e. The van der Waals surface area contributed by atoms with E-state index in [0.717, 1.165) is 11.1 Å². The molecular weight excluding hydrogens is 564 g/mol. The Kier molecular flexibility index (Phi) is 14.5. The van der Waals surface area contributed by atoms with Crippen molar-refractivity contribution in [3.8, 4) is 0 Å². The fraction of sp³-hybridized carbons (Fsp3) is 0.433. The number of ketones is 1. The molecule has 0 saturated heterocycles. The van der Waals surface area contributed by atoms with Crippen LogP contribution in [0.4, 0.5) is 4.79 Å². The summed E-state index contributed by atoms with van der Waals surface area (Å²) in [4.78, 5) is 63.4. The quantitative estimate of drug-likeness (QED) is 0.183. The molecule has 0 aromatic heterocycles. The molecule has 228 valence electrons. The number of rotatable bonds is 16. The number of aliphatic hydroxyl groups is 1. The van der Waals surface area contributed by atoms with Crippen molar-refractivity contribution in [3.63, 3.8) is 0 Å². The summed E-state index contributed by atoms with van der Waals surface area (Å²) in [7, 11) is 0. The van der Waals surface area contributed by atoms with Gasteiger partial charge in [-0.3, -0.25) is 19.2 Å². The Labute approximate surface area is 250 Å². The average Bonchev–Trinajstić information content (AvgIpc) is 2.98. The number of hydrogen-bond acceptors (Lipinski definition) is 7. The van der Waals surface area contributed by atoms with E-state index in [4.69, 9.17) is 16.3 Å². The zero-order valence-corrected chi connectivity index (χ0v) is 24.7. The van der Waals surface area contributed by atoms with E-state index in [1.165, 1.54) is 6.92 Å². The maximum absolute atomic E-state index is 13.2. The summed E-state index contributed by atoms with van der Waals surface area (Å²) in [6.45, 7) is 4.40. The van der Waals surface area contributed by atoms with Gasteiger partial charge >= 0.3 is 6.09 Å². The highest BCUT2D eigenvalue weighted by molar-refractivity contribution is 6.28. The molecule has 0 heterocycles. The minimum atomic E-state index is -1.43. The van der Waals surface area contributed by atoms with Gasteiger partial charge in [-0.1, -0.05) is 74.5 Å². The Balaban J connectivity index is 2.04. The summed E-state index contributed by atoms with van der Waals surface area (Å²) in [5, 5.41) is 19.8. The second-order valence-electron chi connectivity index (χ2n) is 10.2. The molecular formula is C30H39ClN4O7. The number of ether oxygens (including phenoxy) is 1. The Morgan fingerprint density at radius 3 is 1.83 bits per heavy atom. The van der Waals surface area contributed by atoms with Crippen LogP contribution in [0.2, 0.25) is 0 Å². The molecule has 0 fully saturated rings. The molecule has 0 radical (unpaired) electrons. The van der Waals surface area contributed by atoms with Crippen molar-refractivity contribution in [3.05, 3.63) is 71.8 Å². The van der Waals surface area contributed by atoms with Gasteiger partial charge in [0.2, 0.25) is 17.7 Å². The number of amides is 4. The van der Waals surface area contributed by atoms with Crippen LogP contribution in [-0.4, -0.2) is 71.4 Å². The van der Waals surface area contributed by atoms with Gasteiger partial charge in [0.1, 0.15) is 24.7 Å². The van der Waals surface area contributed by atoms with E-state index < -0.39 is 54.6 Å². The molecule has 11 nitrogen and oxygen atoms in total. The molecule has 0 spiro atoms. The number of alkyl carbamates (subject to hydrolysis) is 1. The van der Waals surface area contributed by atoms with Crippen molar-refractivity contribution in [2.24, 2.45) is 5.92 Å². The number of Topliss-reactive ketones (excluding diaryl/α,β-unsaturated/α-hetero) is 1. The number of carbonyl (C=O) groups excluding carboxylic acids is 5. The number of carbonyl (C=O) groups is 5. The van der Waals surface area contributed by atoms with Crippen LogP contribution < -0.4 is 21.3 Å². The fourth-order valence-corrected chi connectivity index (χ4v) is 4.13. The normalized spacial score (nSPS) is 13.7. The largest absolute Gasteiger partial charge is 0.445 e. The molecule has 4 amide bonds. The molecule has 5 N–H and O–H groups in total. The van der Waals surface area contributed by atoms with E-state index in [1.807, 2.05) is 19.9 Å². The number of alkyl halides is 1. The van der Waals surface area contributed by atoms with Crippen molar-refractivity contribution in [1.29, 1.82) is 0 Å². The van der Waals surface area contributed by atoms with E-state index in [9.17, 15) is 29.1 Å². The standard InChI is InChI=1S/C30H39ClN4O7/c1-19(2)14-23(26(37)16-31)33-27(38)20(3)32-29(40)25(17-36)34-28(39)24(15-21-10-6-4-7-11-21)35-30(41)42-18-22-12-8-5-9-13-22/h4-13,19-20,23-25,36H,14-18H2,1-3H3,(H,32,40)(H,33,38)(H,34,39)(H,35,41)/t20-,23-,24-,25-/m0/s1. The van der Waals surface area contributed by atoms with Gasteiger partial charge in [-0.05, 0) is 30.4 Å². The first-order chi connectivity index (χ1) is 20.0. The Morgan fingerprint density at radius 2 is 1.29 bits per heavy atom. The SMILES string of the molecule is CC(C)C[C@H](NC(=O)[C@H](C)NC(=O)[C@H](CO)NC(=O)[C@H](Cc1ccccc1)NC(=O)OCc1ccccc1)C(=O)CCl. The van der Waals surface area contributed by atoms with Gasteiger partial charge in [0.15, 0.2) is 5.78 Å². The van der Waals surface area contributed by atoms with E-state index >= 15 is 0 Å². The third-order valence-corrected chi connectivity index (χ3v) is 6.48. The van der Waals surface area contributed by atoms with Crippen LogP contribution >= 0.6 is 11.6 Å². The smallest absolute Gasteiger partial charge is 0.408 e. The molecule has 0 bridgehead atoms. The third-order valence-electron chi connectivity index (χ3n) is 6.22. The van der Waals surface area contributed by atoms with Crippen LogP contribution in [0.15, 0.2) is 60.7 Å². The van der Waals surface area contributed by atoms with E-state index in [2.05, 4.69) is 21.3 Å². The first-order valence-electron chi connectivity index (χ1n) is 13.7. The van der Waals surface area contributed by atoms with E-state index in [-0.39, 0.29) is 30.6 Å². The van der Waals surface area contributed by atoms with Crippen LogP contribution in [0, 0.1) is 5.92 Å². The lowest BCUT2D eigenvalue weighted by atomic mass is 10.0. The van der Waals surface area contributed by atoms with Gasteiger partial charge < -0.3 is 31.1 Å². The van der Waals surface area contributed by atoms with Crippen molar-refractivity contribution in [2.45, 2.75) is 64.4 Å². The molecule has 0 saturated carbocycles. The zero-order chi connectivity index (χ0) is 31.1. The lowest BCUT2D eigenvalue weighted by Gasteiger charge is -2.24. The third kappa shape index (κ3) is 11.9. The molecule has 2 aromatic rings. The Bertz CT molecular complexity index is 1180. The number of hydrogen-bond donors (Lipinski definition) is 5. The van der Waals surface area contributed by atoms with Gasteiger partial charge in [0.05, 0.1) is 18.5 Å². The summed E-state index contributed by atoms with van der Waals surface area (Å²) >= 11 is 5.67. The van der Waals surface area contributed by atoms with Crippen molar-refractivity contribution >= 4 is 41.2 Å². The van der Waals surface area contributed by atoms with Gasteiger partial charge in [0, 0.05) is 6.42 Å². The number of halogens is 1. The number of aliphatic hydroxyl groups excluding tert-OH is 1. The second-order valence-corrected chi connectivity index (χ2v) is 10.5. The maximum atomic E-state index is 13.2. The van der Waals surface area contributed by atoms with Crippen LogP contribution in [0.3, 0.4) is 0 Å². The molecule has 0 aliphatic rings. The Hall–Kier alpha value is -3.96. The minimum Gasteiger partial charge on any atom is -0.445 e. The summed E-state index contributed by atoms with van der Waals surface area (Å²) < 4.78 is 5.25. The highest BCUT2D eigenvalue weighted by Gasteiger charge is 2.30. The monoisotopic (exact) mass is 602 g/mol. The van der Waals surface area contributed by atoms with Crippen LogP contribution in [-0.2, 0) is 36.9 Å². The summed E-state index contributed by atoms with van der Waals surface area (Å²) in [6, 6.07) is 13.4. The molecule has 2 aromatic carbocycles. The lowest BCUT2D eigenvalue weighted by Crippen LogP contribution is -2.58. The number of nitrogens with one attached hydrogen (secondary N) is 4. The summed E-state index contributed by atoms with van der Waals surface area (Å²) in [5.41, 5.74) is 1.49. The van der Waals surface area contributed by atoms with Crippen LogP contribution in [0.1, 0.15) is 38.3 Å². The predicted octanol–water partition coefficient (Wildman–Crippen LogP) is 1.84. The van der Waals surface area contributed by atoms with Crippen molar-refractivity contribution < 1.29 is 33.8 Å². The Morgan fingerprint density at radius 1 is 0.738 bits per heavy atom. The topological polar surface area (TPSA) is 163 Å². The van der Waals surface area contributed by atoms with Crippen molar-refractivity contribution in [1.82, 2.24) is 21.3 Å². The average molecular weight is 603 g/mol. The summed E-state index contributed by atoms with van der Waals surface area (Å²) in [6.07, 6.45) is -0.387. The van der Waals surface area contributed by atoms with E-state index in [0.29, 0.717) is 6.42 Å². The lowest BCUT2D eigenvalue weighted by molar-refractivity contribution is -0.134. The highest BCUT2D eigenvalue weighted by Crippen LogP contribution is 2.08. The highest BCUT2D eigenvalue weighted by atomic mass is 35.5. The van der Waals surface area contributed by atoms with Gasteiger partial charge in [-0.15, -0.1) is 11.6 Å². The van der Waals surface area contributed by atoms with Crippen LogP contribution in [0.25, 0.3) is 0 Å². The molecule has 12 heteroatoms. The summed E-state index contributed by atoms with van der Waals surface area (Å²) in [5.74, 6) is -2.71. The van der Waals surface area contributed by atoms with Gasteiger partial charge in [0.25, 0.3) is 0 Å². The molecule has 42 heavy (non-hydrogen) atoms. The second kappa shape index (κ2) is 17.8. The molecule has 0 unspecified atom stereocenters. The minimum absolute atomic E-state index is 0.0114. The zero-order valence-electron chi connectivity index (χ0n) is 24.0. The number of benzene rings is 2. The predicted molar refractivity (Wildman–Crippen MR) is 157 cm³/mol. The molecule has 4 atom stereocenters. The van der Waals surface area contributed by atoms with Crippen LogP contribution in [0.5, 0.6) is 0 Å². The van der Waals surface area contributed by atoms with Crippen molar-refractivity contribution in [2.75, 3.05) is 12.5 Å². The van der Waals surface area contributed by atoms with Gasteiger partial charge in [-0.25, -0.2) is 4.79 Å². The molecule has 0 aliphatic carbocycles. The van der Waals surface area contributed by atoms with E-state index in [1.54, 1.807) is 54.6 Å². The molecule has 0 aliphatic heterocycles. The first kappa shape index (κ1) is 34.2. The molecule has 2 rings (SSSR count). The first-order valence-corrected chi connectivity index (χ1v) is 14.2. The fourth-order valence-electron chi connectivity index (χ4n) is 3.94.